The van der Waals surface area contributed by atoms with E-state index in [1.807, 2.05) is 12.1 Å². The van der Waals surface area contributed by atoms with Crippen LogP contribution in [0.2, 0.25) is 0 Å². The van der Waals surface area contributed by atoms with Crippen molar-refractivity contribution in [3.8, 4) is 17.2 Å². The molecule has 9 heteroatoms. The molecule has 2 bridgehead atoms. The first-order valence-electron chi connectivity index (χ1n) is 10.3. The van der Waals surface area contributed by atoms with Crippen molar-refractivity contribution in [2.75, 3.05) is 18.0 Å². The van der Waals surface area contributed by atoms with Gasteiger partial charge in [-0.1, -0.05) is 0 Å². The molecule has 0 amide bonds. The number of nitrogens with zero attached hydrogens (tertiary/aromatic N) is 6. The number of aromatic nitrogens is 5. The number of anilines is 1. The number of nitrogens with one attached hydrogen (secondary N) is 1. The lowest BCUT2D eigenvalue weighted by molar-refractivity contribution is 0.289. The van der Waals surface area contributed by atoms with Gasteiger partial charge in [0.25, 0.3) is 0 Å². The maximum absolute atomic E-state index is 14.7. The summed E-state index contributed by atoms with van der Waals surface area (Å²) in [5.74, 6) is 0.371. The molecule has 0 saturated carbocycles. The first-order valence-corrected chi connectivity index (χ1v) is 10.3. The van der Waals surface area contributed by atoms with Crippen LogP contribution in [0.15, 0.2) is 48.9 Å². The summed E-state index contributed by atoms with van der Waals surface area (Å²) in [4.78, 5) is 20.2. The standard InChI is InChI=1S/C22H19F2N7/c23-13-1-4-16(17(24)9-13)21-28-18-5-6-20(30-11-14-2-3-15(30)10-26-14)29-22(18)31(21)19-7-8-25-12-27-19/h1,4-9,12,14-15,26H,2-3,10-11H2. The highest BCUT2D eigenvalue weighted by Crippen LogP contribution is 2.32. The third-order valence-corrected chi connectivity index (χ3v) is 6.10. The molecule has 31 heavy (non-hydrogen) atoms. The van der Waals surface area contributed by atoms with E-state index in [9.17, 15) is 8.78 Å². The zero-order valence-corrected chi connectivity index (χ0v) is 16.5. The molecule has 4 aromatic rings. The second-order valence-electron chi connectivity index (χ2n) is 7.96. The van der Waals surface area contributed by atoms with Gasteiger partial charge in [0.05, 0.1) is 5.56 Å². The molecule has 2 unspecified atom stereocenters. The van der Waals surface area contributed by atoms with Gasteiger partial charge in [0, 0.05) is 37.4 Å². The third kappa shape index (κ3) is 3.04. The average Bonchev–Trinajstić information content (AvgIpc) is 3.18. The highest BCUT2D eigenvalue weighted by atomic mass is 19.1. The minimum absolute atomic E-state index is 0.181. The number of piperidine rings is 2. The van der Waals surface area contributed by atoms with Crippen LogP contribution in [-0.4, -0.2) is 49.7 Å². The van der Waals surface area contributed by atoms with Crippen LogP contribution in [0.1, 0.15) is 12.8 Å². The molecule has 2 atom stereocenters. The van der Waals surface area contributed by atoms with Gasteiger partial charge in [-0.3, -0.25) is 4.57 Å². The van der Waals surface area contributed by atoms with Crippen molar-refractivity contribution in [3.05, 3.63) is 60.6 Å². The fraction of sp³-hybridized carbons (Fsp3) is 0.273. The monoisotopic (exact) mass is 419 g/mol. The number of hydrogen-bond acceptors (Lipinski definition) is 6. The molecule has 3 aromatic heterocycles. The summed E-state index contributed by atoms with van der Waals surface area (Å²) in [7, 11) is 0. The van der Waals surface area contributed by atoms with Crippen molar-refractivity contribution in [3.63, 3.8) is 0 Å². The fourth-order valence-corrected chi connectivity index (χ4v) is 4.58. The van der Waals surface area contributed by atoms with Crippen LogP contribution in [-0.2, 0) is 0 Å². The van der Waals surface area contributed by atoms with E-state index in [4.69, 9.17) is 4.98 Å². The molecule has 3 aliphatic heterocycles. The van der Waals surface area contributed by atoms with Gasteiger partial charge in [-0.2, -0.15) is 0 Å². The number of fused-ring (bicyclic) bond motifs is 4. The maximum Gasteiger partial charge on any atom is 0.168 e. The van der Waals surface area contributed by atoms with Gasteiger partial charge in [-0.05, 0) is 43.2 Å². The summed E-state index contributed by atoms with van der Waals surface area (Å²) in [6.45, 7) is 1.85. The predicted molar refractivity (Wildman–Crippen MR) is 112 cm³/mol. The number of halogens is 2. The number of benzene rings is 1. The van der Waals surface area contributed by atoms with Crippen molar-refractivity contribution in [1.29, 1.82) is 0 Å². The minimum Gasteiger partial charge on any atom is -0.351 e. The van der Waals surface area contributed by atoms with E-state index >= 15 is 0 Å². The van der Waals surface area contributed by atoms with Gasteiger partial charge in [0.15, 0.2) is 11.5 Å². The summed E-state index contributed by atoms with van der Waals surface area (Å²) in [5.41, 5.74) is 1.37. The molecule has 156 valence electrons. The fourth-order valence-electron chi connectivity index (χ4n) is 4.58. The molecule has 7 nitrogen and oxygen atoms in total. The predicted octanol–water partition coefficient (Wildman–Crippen LogP) is 3.10. The zero-order chi connectivity index (χ0) is 20.9. The van der Waals surface area contributed by atoms with Crippen LogP contribution in [0.5, 0.6) is 0 Å². The van der Waals surface area contributed by atoms with Gasteiger partial charge < -0.3 is 10.2 Å². The number of pyridine rings is 1. The summed E-state index contributed by atoms with van der Waals surface area (Å²) in [5, 5.41) is 3.55. The lowest BCUT2D eigenvalue weighted by Gasteiger charge is -2.46. The first-order chi connectivity index (χ1) is 15.2. The maximum atomic E-state index is 14.7. The Morgan fingerprint density at radius 2 is 1.94 bits per heavy atom. The van der Waals surface area contributed by atoms with E-state index in [-0.39, 0.29) is 5.56 Å². The van der Waals surface area contributed by atoms with Crippen molar-refractivity contribution >= 4 is 17.0 Å². The van der Waals surface area contributed by atoms with Gasteiger partial charge >= 0.3 is 0 Å². The molecule has 6 heterocycles. The Morgan fingerprint density at radius 1 is 1.00 bits per heavy atom. The summed E-state index contributed by atoms with van der Waals surface area (Å²) in [6, 6.07) is 9.92. The van der Waals surface area contributed by atoms with E-state index < -0.39 is 11.6 Å². The molecule has 0 radical (unpaired) electrons. The summed E-state index contributed by atoms with van der Waals surface area (Å²) < 4.78 is 29.9. The van der Waals surface area contributed by atoms with E-state index in [1.165, 1.54) is 24.9 Å². The van der Waals surface area contributed by atoms with Gasteiger partial charge in [-0.15, -0.1) is 0 Å². The molecule has 3 saturated heterocycles. The van der Waals surface area contributed by atoms with E-state index in [2.05, 4.69) is 25.2 Å². The Balaban J connectivity index is 1.55. The van der Waals surface area contributed by atoms with Crippen LogP contribution >= 0.6 is 0 Å². The Morgan fingerprint density at radius 3 is 2.65 bits per heavy atom. The molecular formula is C22H19F2N7. The van der Waals surface area contributed by atoms with Crippen molar-refractivity contribution in [1.82, 2.24) is 29.8 Å². The Kier molecular flexibility index (Phi) is 4.17. The highest BCUT2D eigenvalue weighted by Gasteiger charge is 2.34. The Labute approximate surface area is 176 Å². The SMILES string of the molecule is Fc1ccc(-c2nc3ccc(N4CC5CCC4CN5)nc3n2-c2ccncn2)c(F)c1. The van der Waals surface area contributed by atoms with E-state index in [1.54, 1.807) is 16.8 Å². The third-order valence-electron chi connectivity index (χ3n) is 6.10. The molecule has 3 fully saturated rings. The summed E-state index contributed by atoms with van der Waals surface area (Å²) in [6.07, 6.45) is 5.34. The number of hydrogen-bond donors (Lipinski definition) is 1. The lowest BCUT2D eigenvalue weighted by atomic mass is 9.93. The molecule has 7 rings (SSSR count). The molecule has 1 N–H and O–H groups in total. The van der Waals surface area contributed by atoms with Gasteiger partial charge in [0.1, 0.15) is 35.1 Å². The minimum atomic E-state index is -0.690. The normalized spacial score (nSPS) is 20.5. The van der Waals surface area contributed by atoms with E-state index in [0.717, 1.165) is 31.4 Å². The quantitative estimate of drug-likeness (QED) is 0.550. The van der Waals surface area contributed by atoms with Crippen LogP contribution < -0.4 is 10.2 Å². The highest BCUT2D eigenvalue weighted by molar-refractivity contribution is 5.81. The van der Waals surface area contributed by atoms with Gasteiger partial charge in [0.2, 0.25) is 0 Å². The largest absolute Gasteiger partial charge is 0.351 e. The molecule has 0 aliphatic carbocycles. The molecule has 0 spiro atoms. The smallest absolute Gasteiger partial charge is 0.168 e. The zero-order valence-electron chi connectivity index (χ0n) is 16.5. The lowest BCUT2D eigenvalue weighted by Crippen LogP contribution is -2.61. The first kappa shape index (κ1) is 18.3. The van der Waals surface area contributed by atoms with Crippen molar-refractivity contribution < 1.29 is 8.78 Å². The number of piperazine rings is 1. The van der Waals surface area contributed by atoms with Crippen LogP contribution in [0, 0.1) is 11.6 Å². The Hall–Kier alpha value is -3.46. The second kappa shape index (κ2) is 7.05. The van der Waals surface area contributed by atoms with Crippen LogP contribution in [0.25, 0.3) is 28.4 Å². The van der Waals surface area contributed by atoms with Crippen LogP contribution in [0.3, 0.4) is 0 Å². The molecule has 3 aliphatic rings. The van der Waals surface area contributed by atoms with E-state index in [0.29, 0.717) is 34.9 Å². The second-order valence-corrected chi connectivity index (χ2v) is 7.96. The topological polar surface area (TPSA) is 71.8 Å². The van der Waals surface area contributed by atoms with Gasteiger partial charge in [-0.25, -0.2) is 28.7 Å². The number of rotatable bonds is 3. The average molecular weight is 419 g/mol. The van der Waals surface area contributed by atoms with Crippen LogP contribution in [0.4, 0.5) is 14.6 Å². The summed E-state index contributed by atoms with van der Waals surface area (Å²) >= 11 is 0. The molecular weight excluding hydrogens is 400 g/mol. The van der Waals surface area contributed by atoms with Crippen molar-refractivity contribution in [2.45, 2.75) is 24.9 Å². The Bertz CT molecular complexity index is 1270. The number of imidazole rings is 1. The van der Waals surface area contributed by atoms with Crippen molar-refractivity contribution in [2.24, 2.45) is 0 Å². The molecule has 1 aromatic carbocycles.